The molecular weight excluding hydrogens is 248 g/mol. The van der Waals surface area contributed by atoms with E-state index in [9.17, 15) is 8.42 Å². The van der Waals surface area contributed by atoms with Crippen molar-refractivity contribution in [1.82, 2.24) is 10.0 Å². The molecule has 5 heteroatoms. The Balaban J connectivity index is 2.44. The molecule has 102 valence electrons. The molecule has 0 aliphatic rings. The van der Waals surface area contributed by atoms with E-state index < -0.39 is 10.0 Å². The van der Waals surface area contributed by atoms with Crippen LogP contribution in [0.5, 0.6) is 0 Å². The molecule has 1 aromatic rings. The summed E-state index contributed by atoms with van der Waals surface area (Å²) in [5.74, 6) is 0. The predicted molar refractivity (Wildman–Crippen MR) is 74.9 cm³/mol. The highest BCUT2D eigenvalue weighted by Gasteiger charge is 2.09. The van der Waals surface area contributed by atoms with Crippen LogP contribution in [0.25, 0.3) is 0 Å². The monoisotopic (exact) mass is 270 g/mol. The Bertz CT molecular complexity index is 432. The van der Waals surface area contributed by atoms with Gasteiger partial charge in [-0.15, -0.1) is 0 Å². The Morgan fingerprint density at radius 2 is 1.83 bits per heavy atom. The molecular formula is C13H22N2O2S. The highest BCUT2D eigenvalue weighted by Crippen LogP contribution is 2.17. The Labute approximate surface area is 110 Å². The maximum atomic E-state index is 10.9. The molecule has 0 bridgehead atoms. The number of rotatable bonds is 8. The summed E-state index contributed by atoms with van der Waals surface area (Å²) < 4.78 is 24.3. The fourth-order valence-corrected chi connectivity index (χ4v) is 2.32. The summed E-state index contributed by atoms with van der Waals surface area (Å²) in [7, 11) is -3.09. The zero-order valence-corrected chi connectivity index (χ0v) is 11.8. The van der Waals surface area contributed by atoms with Gasteiger partial charge < -0.3 is 5.32 Å². The molecule has 0 fully saturated rings. The molecule has 4 nitrogen and oxygen atoms in total. The Kier molecular flexibility index (Phi) is 6.32. The number of benzene rings is 1. The number of hydrogen-bond acceptors (Lipinski definition) is 3. The second-order valence-corrected chi connectivity index (χ2v) is 6.21. The van der Waals surface area contributed by atoms with Crippen molar-refractivity contribution in [3.8, 4) is 0 Å². The molecule has 1 atom stereocenters. The van der Waals surface area contributed by atoms with Gasteiger partial charge in [-0.05, 0) is 12.0 Å². The van der Waals surface area contributed by atoms with Crippen molar-refractivity contribution in [1.29, 1.82) is 0 Å². The minimum absolute atomic E-state index is 0.289. The summed E-state index contributed by atoms with van der Waals surface area (Å²) in [6.45, 7) is 3.20. The quantitative estimate of drug-likeness (QED) is 0.706. The van der Waals surface area contributed by atoms with Gasteiger partial charge in [0, 0.05) is 19.1 Å². The first-order valence-electron chi connectivity index (χ1n) is 6.26. The zero-order chi connectivity index (χ0) is 13.4. The van der Waals surface area contributed by atoms with Gasteiger partial charge in [-0.2, -0.15) is 0 Å². The van der Waals surface area contributed by atoms with Gasteiger partial charge in [0.25, 0.3) is 0 Å². The maximum Gasteiger partial charge on any atom is 0.208 e. The van der Waals surface area contributed by atoms with E-state index in [0.717, 1.165) is 12.8 Å². The van der Waals surface area contributed by atoms with E-state index in [4.69, 9.17) is 0 Å². The normalized spacial score (nSPS) is 13.4. The van der Waals surface area contributed by atoms with Crippen LogP contribution in [-0.4, -0.2) is 27.8 Å². The molecule has 18 heavy (non-hydrogen) atoms. The van der Waals surface area contributed by atoms with Gasteiger partial charge in [0.05, 0.1) is 6.26 Å². The SMILES string of the molecule is CCCC(NCCNS(C)(=O)=O)c1ccccc1. The van der Waals surface area contributed by atoms with Crippen LogP contribution < -0.4 is 10.0 Å². The molecule has 2 N–H and O–H groups in total. The fourth-order valence-electron chi connectivity index (χ4n) is 1.84. The van der Waals surface area contributed by atoms with Crippen molar-refractivity contribution in [2.24, 2.45) is 0 Å². The van der Waals surface area contributed by atoms with E-state index in [1.165, 1.54) is 11.8 Å². The molecule has 0 radical (unpaired) electrons. The van der Waals surface area contributed by atoms with Gasteiger partial charge in [-0.1, -0.05) is 43.7 Å². The molecule has 0 saturated heterocycles. The first-order valence-corrected chi connectivity index (χ1v) is 8.15. The summed E-state index contributed by atoms with van der Waals surface area (Å²) >= 11 is 0. The maximum absolute atomic E-state index is 10.9. The van der Waals surface area contributed by atoms with Gasteiger partial charge in [-0.25, -0.2) is 13.1 Å². The molecule has 1 rings (SSSR count). The van der Waals surface area contributed by atoms with Crippen LogP contribution in [0.2, 0.25) is 0 Å². The highest BCUT2D eigenvalue weighted by molar-refractivity contribution is 7.88. The number of nitrogens with one attached hydrogen (secondary N) is 2. The molecule has 1 aromatic carbocycles. The third-order valence-corrected chi connectivity index (χ3v) is 3.39. The summed E-state index contributed by atoms with van der Waals surface area (Å²) in [6, 6.07) is 10.5. The average molecular weight is 270 g/mol. The van der Waals surface area contributed by atoms with E-state index >= 15 is 0 Å². The number of sulfonamides is 1. The fraction of sp³-hybridized carbons (Fsp3) is 0.538. The van der Waals surface area contributed by atoms with Gasteiger partial charge in [0.1, 0.15) is 0 Å². The summed E-state index contributed by atoms with van der Waals surface area (Å²) in [4.78, 5) is 0. The first kappa shape index (κ1) is 15.1. The third-order valence-electron chi connectivity index (χ3n) is 2.66. The lowest BCUT2D eigenvalue weighted by Crippen LogP contribution is -2.33. The molecule has 0 aliphatic carbocycles. The van der Waals surface area contributed by atoms with Crippen LogP contribution in [0.4, 0.5) is 0 Å². The second kappa shape index (κ2) is 7.51. The molecule has 0 amide bonds. The standard InChI is InChI=1S/C13H22N2O2S/c1-3-7-13(12-8-5-4-6-9-12)14-10-11-15-18(2,16)17/h4-6,8-9,13-15H,3,7,10-11H2,1-2H3. The van der Waals surface area contributed by atoms with Crippen molar-refractivity contribution in [2.45, 2.75) is 25.8 Å². The molecule has 0 spiro atoms. The Hall–Kier alpha value is -0.910. The van der Waals surface area contributed by atoms with Gasteiger partial charge in [0.15, 0.2) is 0 Å². The molecule has 0 saturated carbocycles. The lowest BCUT2D eigenvalue weighted by Gasteiger charge is -2.18. The molecule has 0 heterocycles. The van der Waals surface area contributed by atoms with E-state index in [1.807, 2.05) is 18.2 Å². The van der Waals surface area contributed by atoms with Gasteiger partial charge in [0.2, 0.25) is 10.0 Å². The Morgan fingerprint density at radius 3 is 2.39 bits per heavy atom. The summed E-state index contributed by atoms with van der Waals surface area (Å²) in [5.41, 5.74) is 1.25. The lowest BCUT2D eigenvalue weighted by atomic mass is 10.0. The first-order chi connectivity index (χ1) is 8.53. The van der Waals surface area contributed by atoms with Crippen molar-refractivity contribution in [3.05, 3.63) is 35.9 Å². The van der Waals surface area contributed by atoms with Gasteiger partial charge in [-0.3, -0.25) is 0 Å². The average Bonchev–Trinajstić information content (AvgIpc) is 2.33. The van der Waals surface area contributed by atoms with Crippen LogP contribution >= 0.6 is 0 Å². The lowest BCUT2D eigenvalue weighted by molar-refractivity contribution is 0.494. The second-order valence-electron chi connectivity index (χ2n) is 4.37. The topological polar surface area (TPSA) is 58.2 Å². The van der Waals surface area contributed by atoms with Crippen molar-refractivity contribution < 1.29 is 8.42 Å². The van der Waals surface area contributed by atoms with Crippen molar-refractivity contribution in [2.75, 3.05) is 19.3 Å². The van der Waals surface area contributed by atoms with E-state index in [-0.39, 0.29) is 6.04 Å². The van der Waals surface area contributed by atoms with E-state index in [1.54, 1.807) is 0 Å². The zero-order valence-electron chi connectivity index (χ0n) is 11.0. The van der Waals surface area contributed by atoms with Crippen LogP contribution in [-0.2, 0) is 10.0 Å². The smallest absolute Gasteiger partial charge is 0.208 e. The largest absolute Gasteiger partial charge is 0.309 e. The Morgan fingerprint density at radius 1 is 1.17 bits per heavy atom. The van der Waals surface area contributed by atoms with Crippen LogP contribution in [0.3, 0.4) is 0 Å². The van der Waals surface area contributed by atoms with Crippen molar-refractivity contribution in [3.63, 3.8) is 0 Å². The minimum Gasteiger partial charge on any atom is -0.309 e. The van der Waals surface area contributed by atoms with Crippen LogP contribution in [0, 0.1) is 0 Å². The molecule has 0 aromatic heterocycles. The summed E-state index contributed by atoms with van der Waals surface area (Å²) in [5, 5.41) is 3.38. The third kappa shape index (κ3) is 6.14. The van der Waals surface area contributed by atoms with Crippen LogP contribution in [0.1, 0.15) is 31.4 Å². The summed E-state index contributed by atoms with van der Waals surface area (Å²) in [6.07, 6.45) is 3.31. The van der Waals surface area contributed by atoms with Gasteiger partial charge >= 0.3 is 0 Å². The highest BCUT2D eigenvalue weighted by atomic mass is 32.2. The predicted octanol–water partition coefficient (Wildman–Crippen LogP) is 1.67. The molecule has 1 unspecified atom stereocenters. The van der Waals surface area contributed by atoms with E-state index in [2.05, 4.69) is 29.1 Å². The molecule has 0 aliphatic heterocycles. The van der Waals surface area contributed by atoms with Crippen LogP contribution in [0.15, 0.2) is 30.3 Å². The van der Waals surface area contributed by atoms with E-state index in [0.29, 0.717) is 13.1 Å². The number of hydrogen-bond donors (Lipinski definition) is 2. The minimum atomic E-state index is -3.09. The van der Waals surface area contributed by atoms with Crippen molar-refractivity contribution >= 4 is 10.0 Å².